The van der Waals surface area contributed by atoms with Gasteiger partial charge in [0.15, 0.2) is 11.6 Å². The first-order chi connectivity index (χ1) is 9.40. The highest BCUT2D eigenvalue weighted by atomic mass is 35.5. The van der Waals surface area contributed by atoms with Crippen LogP contribution in [0.25, 0.3) is 0 Å². The quantitative estimate of drug-likeness (QED) is 0.865. The lowest BCUT2D eigenvalue weighted by Gasteiger charge is -2.37. The lowest BCUT2D eigenvalue weighted by molar-refractivity contribution is -0.0355. The van der Waals surface area contributed by atoms with Crippen molar-refractivity contribution in [1.82, 2.24) is 4.90 Å². The molecule has 1 aromatic carbocycles. The van der Waals surface area contributed by atoms with E-state index in [1.54, 1.807) is 0 Å². The van der Waals surface area contributed by atoms with E-state index in [-0.39, 0.29) is 17.2 Å². The molecule has 4 nitrogen and oxygen atoms in total. The summed E-state index contributed by atoms with van der Waals surface area (Å²) in [5.41, 5.74) is -0.495. The van der Waals surface area contributed by atoms with Crippen LogP contribution in [-0.4, -0.2) is 36.2 Å². The highest BCUT2D eigenvalue weighted by molar-refractivity contribution is 6.30. The Hall–Kier alpha value is -1.40. The second kappa shape index (κ2) is 5.93. The van der Waals surface area contributed by atoms with Crippen molar-refractivity contribution in [2.75, 3.05) is 18.5 Å². The fourth-order valence-electron chi connectivity index (χ4n) is 2.06. The SMILES string of the molecule is C[C@@H]1OCCN(C(=O)Nc2c(F)cc(Cl)cc2F)[C@@H]1C. The number of anilines is 1. The van der Waals surface area contributed by atoms with E-state index < -0.39 is 23.4 Å². The summed E-state index contributed by atoms with van der Waals surface area (Å²) in [6.45, 7) is 4.42. The van der Waals surface area contributed by atoms with Crippen molar-refractivity contribution in [3.05, 3.63) is 28.8 Å². The highest BCUT2D eigenvalue weighted by Crippen LogP contribution is 2.24. The number of hydrogen-bond acceptors (Lipinski definition) is 2. The van der Waals surface area contributed by atoms with Crippen LogP contribution in [0.3, 0.4) is 0 Å². The third-order valence-corrected chi connectivity index (χ3v) is 3.60. The third kappa shape index (κ3) is 3.02. The number of amides is 2. The number of urea groups is 1. The molecule has 110 valence electrons. The molecule has 0 radical (unpaired) electrons. The molecule has 0 unspecified atom stereocenters. The minimum Gasteiger partial charge on any atom is -0.375 e. The average molecular weight is 305 g/mol. The van der Waals surface area contributed by atoms with Crippen molar-refractivity contribution < 1.29 is 18.3 Å². The molecule has 1 saturated heterocycles. The number of carbonyl (C=O) groups excluding carboxylic acids is 1. The normalized spacial score (nSPS) is 22.8. The van der Waals surface area contributed by atoms with Crippen LogP contribution in [0.5, 0.6) is 0 Å². The number of nitrogens with zero attached hydrogens (tertiary/aromatic N) is 1. The Labute approximate surface area is 120 Å². The van der Waals surface area contributed by atoms with Gasteiger partial charge in [0.25, 0.3) is 0 Å². The molecule has 0 spiro atoms. The Kier molecular flexibility index (Phi) is 4.45. The van der Waals surface area contributed by atoms with Crippen molar-refractivity contribution in [2.24, 2.45) is 0 Å². The minimum atomic E-state index is -0.905. The molecule has 0 aromatic heterocycles. The van der Waals surface area contributed by atoms with Gasteiger partial charge in [-0.15, -0.1) is 0 Å². The number of rotatable bonds is 1. The number of ether oxygens (including phenoxy) is 1. The van der Waals surface area contributed by atoms with Gasteiger partial charge in [-0.2, -0.15) is 0 Å². The predicted octanol–water partition coefficient (Wildman–Crippen LogP) is 3.26. The van der Waals surface area contributed by atoms with Gasteiger partial charge in [0, 0.05) is 11.6 Å². The van der Waals surface area contributed by atoms with E-state index in [1.807, 2.05) is 13.8 Å². The van der Waals surface area contributed by atoms with E-state index in [4.69, 9.17) is 16.3 Å². The first-order valence-corrected chi connectivity index (χ1v) is 6.61. The molecule has 1 fully saturated rings. The Balaban J connectivity index is 2.16. The van der Waals surface area contributed by atoms with E-state index in [0.29, 0.717) is 13.2 Å². The van der Waals surface area contributed by atoms with Gasteiger partial charge >= 0.3 is 6.03 Å². The van der Waals surface area contributed by atoms with Gasteiger partial charge in [0.1, 0.15) is 5.69 Å². The summed E-state index contributed by atoms with van der Waals surface area (Å²) in [5, 5.41) is 2.19. The van der Waals surface area contributed by atoms with Gasteiger partial charge in [-0.3, -0.25) is 0 Å². The summed E-state index contributed by atoms with van der Waals surface area (Å²) in [5.74, 6) is -1.81. The van der Waals surface area contributed by atoms with E-state index in [2.05, 4.69) is 5.32 Å². The molecular formula is C13H15ClF2N2O2. The molecule has 1 aromatic rings. The third-order valence-electron chi connectivity index (χ3n) is 3.38. The molecule has 1 aliphatic rings. The summed E-state index contributed by atoms with van der Waals surface area (Å²) >= 11 is 5.53. The smallest absolute Gasteiger partial charge is 0.322 e. The van der Waals surface area contributed by atoms with Crippen LogP contribution in [-0.2, 0) is 4.74 Å². The number of morpholine rings is 1. The number of nitrogens with one attached hydrogen (secondary N) is 1. The molecule has 2 atom stereocenters. The molecule has 20 heavy (non-hydrogen) atoms. The summed E-state index contributed by atoms with van der Waals surface area (Å²) in [6, 6.07) is 1.16. The summed E-state index contributed by atoms with van der Waals surface area (Å²) in [4.78, 5) is 13.6. The van der Waals surface area contributed by atoms with Gasteiger partial charge in [-0.05, 0) is 26.0 Å². The predicted molar refractivity (Wildman–Crippen MR) is 72.0 cm³/mol. The van der Waals surface area contributed by atoms with Crippen LogP contribution in [0.1, 0.15) is 13.8 Å². The number of hydrogen-bond donors (Lipinski definition) is 1. The maximum Gasteiger partial charge on any atom is 0.322 e. The first-order valence-electron chi connectivity index (χ1n) is 6.24. The Morgan fingerprint density at radius 3 is 2.60 bits per heavy atom. The summed E-state index contributed by atoms with van der Waals surface area (Å²) < 4.78 is 32.7. The van der Waals surface area contributed by atoms with Gasteiger partial charge in [-0.25, -0.2) is 13.6 Å². The second-order valence-electron chi connectivity index (χ2n) is 4.68. The van der Waals surface area contributed by atoms with Crippen LogP contribution in [0.2, 0.25) is 5.02 Å². The van der Waals surface area contributed by atoms with Gasteiger partial charge < -0.3 is 15.0 Å². The summed E-state index contributed by atoms with van der Waals surface area (Å²) in [7, 11) is 0. The van der Waals surface area contributed by atoms with Gasteiger partial charge in [0.05, 0.1) is 18.8 Å². The van der Waals surface area contributed by atoms with E-state index >= 15 is 0 Å². The molecule has 2 rings (SSSR count). The van der Waals surface area contributed by atoms with E-state index in [9.17, 15) is 13.6 Å². The van der Waals surface area contributed by atoms with Crippen molar-refractivity contribution >= 4 is 23.3 Å². The zero-order valence-corrected chi connectivity index (χ0v) is 11.9. The number of carbonyl (C=O) groups is 1. The number of benzene rings is 1. The zero-order chi connectivity index (χ0) is 14.9. The van der Waals surface area contributed by atoms with Crippen LogP contribution in [0, 0.1) is 11.6 Å². The maximum absolute atomic E-state index is 13.6. The molecule has 1 aliphatic heterocycles. The van der Waals surface area contributed by atoms with Crippen LogP contribution in [0.4, 0.5) is 19.3 Å². The fourth-order valence-corrected chi connectivity index (χ4v) is 2.25. The Morgan fingerprint density at radius 1 is 1.40 bits per heavy atom. The first kappa shape index (κ1) is 15.0. The van der Waals surface area contributed by atoms with E-state index in [0.717, 1.165) is 12.1 Å². The minimum absolute atomic E-state index is 0.0636. The fraction of sp³-hybridized carbons (Fsp3) is 0.462. The highest BCUT2D eigenvalue weighted by Gasteiger charge is 2.30. The van der Waals surface area contributed by atoms with Crippen LogP contribution in [0.15, 0.2) is 12.1 Å². The Morgan fingerprint density at radius 2 is 2.00 bits per heavy atom. The maximum atomic E-state index is 13.6. The molecule has 0 aliphatic carbocycles. The molecular weight excluding hydrogens is 290 g/mol. The molecule has 2 amide bonds. The van der Waals surface area contributed by atoms with Crippen molar-refractivity contribution in [2.45, 2.75) is 26.0 Å². The largest absolute Gasteiger partial charge is 0.375 e. The summed E-state index contributed by atoms with van der Waals surface area (Å²) in [6.07, 6.45) is -0.130. The Bertz CT molecular complexity index is 504. The lowest BCUT2D eigenvalue weighted by atomic mass is 10.1. The number of halogens is 3. The molecule has 0 bridgehead atoms. The zero-order valence-electron chi connectivity index (χ0n) is 11.1. The molecule has 7 heteroatoms. The van der Waals surface area contributed by atoms with Crippen LogP contribution < -0.4 is 5.32 Å². The van der Waals surface area contributed by atoms with Crippen LogP contribution >= 0.6 is 11.6 Å². The monoisotopic (exact) mass is 304 g/mol. The lowest BCUT2D eigenvalue weighted by Crippen LogP contribution is -2.52. The van der Waals surface area contributed by atoms with Gasteiger partial charge in [0.2, 0.25) is 0 Å². The van der Waals surface area contributed by atoms with Crippen molar-refractivity contribution in [3.8, 4) is 0 Å². The van der Waals surface area contributed by atoms with E-state index in [1.165, 1.54) is 4.90 Å². The molecule has 0 saturated carbocycles. The average Bonchev–Trinajstić information content (AvgIpc) is 2.36. The standard InChI is InChI=1S/C13H15ClF2N2O2/c1-7-8(2)20-4-3-18(7)13(19)17-12-10(15)5-9(14)6-11(12)16/h5-8H,3-4H2,1-2H3,(H,17,19)/t7-,8+/m1/s1. The second-order valence-corrected chi connectivity index (χ2v) is 5.12. The topological polar surface area (TPSA) is 41.6 Å². The van der Waals surface area contributed by atoms with Crippen molar-refractivity contribution in [3.63, 3.8) is 0 Å². The molecule has 1 N–H and O–H groups in total. The van der Waals surface area contributed by atoms with Crippen molar-refractivity contribution in [1.29, 1.82) is 0 Å². The molecule has 1 heterocycles. The van der Waals surface area contributed by atoms with Gasteiger partial charge in [-0.1, -0.05) is 11.6 Å².